The molecule has 3 aromatic carbocycles. The number of hydrogen-bond acceptors (Lipinski definition) is 3. The van der Waals surface area contributed by atoms with Crippen LogP contribution in [-0.2, 0) is 4.79 Å². The van der Waals surface area contributed by atoms with E-state index in [1.807, 2.05) is 44.2 Å². The summed E-state index contributed by atoms with van der Waals surface area (Å²) in [5.41, 5.74) is 4.86. The Morgan fingerprint density at radius 3 is 1.97 bits per heavy atom. The fourth-order valence-electron chi connectivity index (χ4n) is 3.01. The van der Waals surface area contributed by atoms with E-state index in [2.05, 4.69) is 16.0 Å². The Hall–Kier alpha value is -3.31. The molecule has 0 aliphatic rings. The van der Waals surface area contributed by atoms with Gasteiger partial charge in [0.05, 0.1) is 0 Å². The van der Waals surface area contributed by atoms with E-state index in [1.165, 1.54) is 0 Å². The van der Waals surface area contributed by atoms with Gasteiger partial charge in [-0.05, 0) is 80.4 Å². The molecule has 0 saturated carbocycles. The first-order valence-electron chi connectivity index (χ1n) is 9.64. The van der Waals surface area contributed by atoms with Gasteiger partial charge >= 0.3 is 0 Å². The fourth-order valence-corrected chi connectivity index (χ4v) is 3.14. The number of halogens is 1. The predicted molar refractivity (Wildman–Crippen MR) is 123 cm³/mol. The minimum absolute atomic E-state index is 0.118. The van der Waals surface area contributed by atoms with E-state index in [1.54, 1.807) is 43.3 Å². The van der Waals surface area contributed by atoms with Gasteiger partial charge in [0.15, 0.2) is 0 Å². The van der Waals surface area contributed by atoms with Crippen LogP contribution < -0.4 is 16.0 Å². The van der Waals surface area contributed by atoms with Crippen molar-refractivity contribution in [3.8, 4) is 0 Å². The second-order valence-electron chi connectivity index (χ2n) is 7.16. The minimum atomic E-state index is -0.432. The summed E-state index contributed by atoms with van der Waals surface area (Å²) in [5, 5.41) is 9.59. The van der Waals surface area contributed by atoms with Crippen LogP contribution in [0.4, 0.5) is 17.1 Å². The Labute approximate surface area is 181 Å². The number of aryl methyl sites for hydroxylation is 2. The van der Waals surface area contributed by atoms with Crippen LogP contribution in [0, 0.1) is 13.8 Å². The largest absolute Gasteiger partial charge is 0.374 e. The highest BCUT2D eigenvalue weighted by Gasteiger charge is 2.15. The van der Waals surface area contributed by atoms with Gasteiger partial charge in [-0.2, -0.15) is 0 Å². The second kappa shape index (κ2) is 9.46. The third-order valence-corrected chi connectivity index (χ3v) is 5.01. The van der Waals surface area contributed by atoms with Gasteiger partial charge < -0.3 is 16.0 Å². The number of amides is 2. The molecule has 1 atom stereocenters. The molecule has 0 spiro atoms. The summed E-state index contributed by atoms with van der Waals surface area (Å²) in [6.07, 6.45) is 0. The molecule has 30 heavy (non-hydrogen) atoms. The molecule has 3 aromatic rings. The maximum Gasteiger partial charge on any atom is 0.255 e. The van der Waals surface area contributed by atoms with Crippen LogP contribution >= 0.6 is 11.6 Å². The lowest BCUT2D eigenvalue weighted by Gasteiger charge is -2.18. The molecule has 6 heteroatoms. The van der Waals surface area contributed by atoms with E-state index < -0.39 is 6.04 Å². The standard InChI is InChI=1S/C24H24ClN3O2/c1-15-5-4-6-16(2)22(15)28-23(29)17(3)26-20-11-13-21(14-12-20)27-24(30)18-7-9-19(25)10-8-18/h4-14,17,26H,1-3H3,(H,27,30)(H,28,29). The summed E-state index contributed by atoms with van der Waals surface area (Å²) in [5.74, 6) is -0.332. The molecule has 154 valence electrons. The zero-order valence-corrected chi connectivity index (χ0v) is 17.9. The topological polar surface area (TPSA) is 70.2 Å². The minimum Gasteiger partial charge on any atom is -0.374 e. The number of rotatable bonds is 6. The molecular weight excluding hydrogens is 398 g/mol. The molecule has 3 rings (SSSR count). The zero-order valence-electron chi connectivity index (χ0n) is 17.1. The molecule has 0 bridgehead atoms. The van der Waals surface area contributed by atoms with E-state index in [-0.39, 0.29) is 11.8 Å². The first-order valence-corrected chi connectivity index (χ1v) is 10.0. The lowest BCUT2D eigenvalue weighted by atomic mass is 10.1. The van der Waals surface area contributed by atoms with Gasteiger partial charge in [-0.1, -0.05) is 29.8 Å². The summed E-state index contributed by atoms with van der Waals surface area (Å²) in [4.78, 5) is 24.9. The SMILES string of the molecule is Cc1cccc(C)c1NC(=O)C(C)Nc1ccc(NC(=O)c2ccc(Cl)cc2)cc1. The molecule has 0 radical (unpaired) electrons. The summed E-state index contributed by atoms with van der Waals surface area (Å²) >= 11 is 5.85. The van der Waals surface area contributed by atoms with Gasteiger partial charge in [0.1, 0.15) is 6.04 Å². The number of carbonyl (C=O) groups is 2. The van der Waals surface area contributed by atoms with Crippen molar-refractivity contribution in [2.45, 2.75) is 26.8 Å². The Morgan fingerprint density at radius 2 is 1.37 bits per heavy atom. The monoisotopic (exact) mass is 421 g/mol. The molecule has 5 nitrogen and oxygen atoms in total. The molecule has 0 fully saturated rings. The molecule has 0 aliphatic heterocycles. The predicted octanol–water partition coefficient (Wildman–Crippen LogP) is 5.65. The molecule has 2 amide bonds. The average Bonchev–Trinajstić information content (AvgIpc) is 2.72. The van der Waals surface area contributed by atoms with Gasteiger partial charge in [0.25, 0.3) is 5.91 Å². The number of carbonyl (C=O) groups excluding carboxylic acids is 2. The van der Waals surface area contributed by atoms with E-state index >= 15 is 0 Å². The molecule has 0 aliphatic carbocycles. The molecule has 0 saturated heterocycles. The van der Waals surface area contributed by atoms with Crippen molar-refractivity contribution >= 4 is 40.5 Å². The van der Waals surface area contributed by atoms with Crippen LogP contribution in [0.2, 0.25) is 5.02 Å². The highest BCUT2D eigenvalue weighted by atomic mass is 35.5. The van der Waals surface area contributed by atoms with Crippen molar-refractivity contribution < 1.29 is 9.59 Å². The van der Waals surface area contributed by atoms with Gasteiger partial charge in [-0.25, -0.2) is 0 Å². The van der Waals surface area contributed by atoms with Crippen LogP contribution in [0.25, 0.3) is 0 Å². The first-order chi connectivity index (χ1) is 14.3. The average molecular weight is 422 g/mol. The summed E-state index contributed by atoms with van der Waals surface area (Å²) in [6.45, 7) is 5.74. The van der Waals surface area contributed by atoms with Crippen molar-refractivity contribution in [3.63, 3.8) is 0 Å². The smallest absolute Gasteiger partial charge is 0.255 e. The fraction of sp³-hybridized carbons (Fsp3) is 0.167. The van der Waals surface area contributed by atoms with Crippen LogP contribution in [0.15, 0.2) is 66.7 Å². The number of hydrogen-bond donors (Lipinski definition) is 3. The maximum atomic E-state index is 12.6. The van der Waals surface area contributed by atoms with E-state index in [4.69, 9.17) is 11.6 Å². The lowest BCUT2D eigenvalue weighted by molar-refractivity contribution is -0.116. The van der Waals surface area contributed by atoms with Crippen molar-refractivity contribution in [1.82, 2.24) is 0 Å². The quantitative estimate of drug-likeness (QED) is 0.481. The van der Waals surface area contributed by atoms with E-state index in [9.17, 15) is 9.59 Å². The van der Waals surface area contributed by atoms with Gasteiger partial charge in [0.2, 0.25) is 5.91 Å². The Morgan fingerprint density at radius 1 is 0.800 bits per heavy atom. The van der Waals surface area contributed by atoms with E-state index in [0.29, 0.717) is 16.3 Å². The third kappa shape index (κ3) is 5.39. The van der Waals surface area contributed by atoms with Gasteiger partial charge in [-0.3, -0.25) is 9.59 Å². The number of para-hydroxylation sites is 1. The number of anilines is 3. The number of nitrogens with one attached hydrogen (secondary N) is 3. The maximum absolute atomic E-state index is 12.6. The zero-order chi connectivity index (χ0) is 21.7. The molecule has 0 aromatic heterocycles. The van der Waals surface area contributed by atoms with Gasteiger partial charge in [0, 0.05) is 27.6 Å². The third-order valence-electron chi connectivity index (χ3n) is 4.75. The van der Waals surface area contributed by atoms with Crippen LogP contribution in [0.3, 0.4) is 0 Å². The van der Waals surface area contributed by atoms with Crippen LogP contribution in [0.5, 0.6) is 0 Å². The summed E-state index contributed by atoms with van der Waals surface area (Å²) in [7, 11) is 0. The Balaban J connectivity index is 1.58. The molecule has 3 N–H and O–H groups in total. The van der Waals surface area contributed by atoms with Crippen molar-refractivity contribution in [2.75, 3.05) is 16.0 Å². The molecule has 0 heterocycles. The second-order valence-corrected chi connectivity index (χ2v) is 7.60. The van der Waals surface area contributed by atoms with Crippen molar-refractivity contribution in [1.29, 1.82) is 0 Å². The summed E-state index contributed by atoms with van der Waals surface area (Å²) < 4.78 is 0. The van der Waals surface area contributed by atoms with Crippen LogP contribution in [-0.4, -0.2) is 17.9 Å². The molecular formula is C24H24ClN3O2. The highest BCUT2D eigenvalue weighted by Crippen LogP contribution is 2.21. The Bertz CT molecular complexity index is 1030. The van der Waals surface area contributed by atoms with E-state index in [0.717, 1.165) is 22.5 Å². The Kier molecular flexibility index (Phi) is 6.75. The van der Waals surface area contributed by atoms with Crippen molar-refractivity contribution in [2.24, 2.45) is 0 Å². The first kappa shape index (κ1) is 21.4. The van der Waals surface area contributed by atoms with Crippen molar-refractivity contribution in [3.05, 3.63) is 88.4 Å². The van der Waals surface area contributed by atoms with Crippen LogP contribution in [0.1, 0.15) is 28.4 Å². The molecule has 1 unspecified atom stereocenters. The normalized spacial score (nSPS) is 11.5. The number of benzene rings is 3. The lowest BCUT2D eigenvalue weighted by Crippen LogP contribution is -2.32. The summed E-state index contributed by atoms with van der Waals surface area (Å²) in [6, 6.07) is 19.4. The highest BCUT2D eigenvalue weighted by molar-refractivity contribution is 6.30. The van der Waals surface area contributed by atoms with Gasteiger partial charge in [-0.15, -0.1) is 0 Å².